The van der Waals surface area contributed by atoms with Crippen molar-refractivity contribution in [3.8, 4) is 10.4 Å². The lowest BCUT2D eigenvalue weighted by atomic mass is 9.79. The van der Waals surface area contributed by atoms with Crippen molar-refractivity contribution in [2.75, 3.05) is 33.8 Å². The average Bonchev–Trinajstić information content (AvgIpc) is 3.49. The zero-order valence-corrected chi connectivity index (χ0v) is 17.9. The summed E-state index contributed by atoms with van der Waals surface area (Å²) in [5.41, 5.74) is 1.74. The highest BCUT2D eigenvalue weighted by atomic mass is 32.1. The number of nitrogens with zero attached hydrogens (tertiary/aromatic N) is 2. The van der Waals surface area contributed by atoms with Crippen LogP contribution in [0.15, 0.2) is 41.8 Å². The second-order valence-corrected chi connectivity index (χ2v) is 9.29. The Balaban J connectivity index is 1.57. The van der Waals surface area contributed by atoms with Crippen molar-refractivity contribution >= 4 is 23.2 Å². The fourth-order valence-corrected chi connectivity index (χ4v) is 5.30. The van der Waals surface area contributed by atoms with E-state index in [2.05, 4.69) is 41.8 Å². The smallest absolute Gasteiger partial charge is 0.251 e. The third-order valence-electron chi connectivity index (χ3n) is 6.01. The minimum atomic E-state index is -0.578. The lowest BCUT2D eigenvalue weighted by Crippen LogP contribution is -2.46. The van der Waals surface area contributed by atoms with Crippen molar-refractivity contribution in [2.45, 2.75) is 31.8 Å². The molecule has 0 bridgehead atoms. The van der Waals surface area contributed by atoms with Gasteiger partial charge in [-0.3, -0.25) is 9.59 Å². The molecule has 29 heavy (non-hydrogen) atoms. The molecule has 0 radical (unpaired) electrons. The second-order valence-electron chi connectivity index (χ2n) is 8.35. The van der Waals surface area contributed by atoms with Crippen molar-refractivity contribution in [1.82, 2.24) is 9.80 Å². The van der Waals surface area contributed by atoms with Gasteiger partial charge in [0.15, 0.2) is 0 Å². The topological polar surface area (TPSA) is 49.9 Å². The van der Waals surface area contributed by atoms with Crippen LogP contribution in [0.4, 0.5) is 0 Å². The Bertz CT molecular complexity index is 874. The van der Waals surface area contributed by atoms with E-state index in [1.807, 2.05) is 4.90 Å². The summed E-state index contributed by atoms with van der Waals surface area (Å²) in [6.45, 7) is 1.73. The zero-order chi connectivity index (χ0) is 20.4. The lowest BCUT2D eigenvalue weighted by Gasteiger charge is -2.31. The monoisotopic (exact) mass is 412 g/mol. The maximum Gasteiger partial charge on any atom is 0.251 e. The molecule has 5 nitrogen and oxygen atoms in total. The average molecular weight is 413 g/mol. The molecule has 0 unspecified atom stereocenters. The van der Waals surface area contributed by atoms with Crippen LogP contribution in [-0.2, 0) is 20.7 Å². The zero-order valence-electron chi connectivity index (χ0n) is 17.1. The van der Waals surface area contributed by atoms with Crippen LogP contribution < -0.4 is 0 Å². The summed E-state index contributed by atoms with van der Waals surface area (Å²) < 4.78 is 5.59. The number of benzene rings is 1. The van der Waals surface area contributed by atoms with E-state index in [1.165, 1.54) is 10.4 Å². The minimum absolute atomic E-state index is 0.0447. The second kappa shape index (κ2) is 8.28. The first-order valence-corrected chi connectivity index (χ1v) is 11.1. The first-order valence-electron chi connectivity index (χ1n) is 10.2. The van der Waals surface area contributed by atoms with Crippen LogP contribution in [0.1, 0.15) is 24.8 Å². The molecule has 2 atom stereocenters. The van der Waals surface area contributed by atoms with Gasteiger partial charge in [-0.1, -0.05) is 30.3 Å². The molecular formula is C23H28N2O3S. The summed E-state index contributed by atoms with van der Waals surface area (Å²) in [6, 6.07) is 12.6. The number of carbonyl (C=O) groups is 2. The van der Waals surface area contributed by atoms with Gasteiger partial charge >= 0.3 is 0 Å². The highest BCUT2D eigenvalue weighted by molar-refractivity contribution is 7.13. The van der Waals surface area contributed by atoms with Crippen molar-refractivity contribution in [1.29, 1.82) is 0 Å². The van der Waals surface area contributed by atoms with Gasteiger partial charge in [-0.25, -0.2) is 0 Å². The Morgan fingerprint density at radius 3 is 2.83 bits per heavy atom. The van der Waals surface area contributed by atoms with E-state index in [1.54, 1.807) is 30.3 Å². The third kappa shape index (κ3) is 4.09. The Hall–Kier alpha value is -2.18. The SMILES string of the molecule is CN(C)C(=O)[C@]1(Cc2cccc(-c3cccs3)c2)CCN(C(=O)[C@@H]2CCCO2)C1. The minimum Gasteiger partial charge on any atom is -0.368 e. The van der Waals surface area contributed by atoms with E-state index < -0.39 is 5.41 Å². The normalized spacial score (nSPS) is 24.1. The highest BCUT2D eigenvalue weighted by Gasteiger charge is 2.47. The molecule has 4 rings (SSSR count). The Labute approximate surface area is 176 Å². The Kier molecular flexibility index (Phi) is 5.74. The number of carbonyl (C=O) groups excluding carboxylic acids is 2. The van der Waals surface area contributed by atoms with Crippen LogP contribution in [0, 0.1) is 5.41 Å². The van der Waals surface area contributed by atoms with E-state index in [9.17, 15) is 9.59 Å². The van der Waals surface area contributed by atoms with Gasteiger partial charge in [0, 0.05) is 38.7 Å². The van der Waals surface area contributed by atoms with Crippen molar-refractivity contribution < 1.29 is 14.3 Å². The highest BCUT2D eigenvalue weighted by Crippen LogP contribution is 2.38. The molecule has 2 aromatic rings. The van der Waals surface area contributed by atoms with Gasteiger partial charge in [0.25, 0.3) is 5.91 Å². The Morgan fingerprint density at radius 1 is 1.28 bits per heavy atom. The van der Waals surface area contributed by atoms with Crippen molar-refractivity contribution in [3.05, 3.63) is 47.3 Å². The van der Waals surface area contributed by atoms with Crippen LogP contribution in [0.5, 0.6) is 0 Å². The Morgan fingerprint density at radius 2 is 2.14 bits per heavy atom. The van der Waals surface area contributed by atoms with Gasteiger partial charge in [-0.2, -0.15) is 0 Å². The van der Waals surface area contributed by atoms with Crippen molar-refractivity contribution in [2.24, 2.45) is 5.41 Å². The molecule has 1 aromatic heterocycles. The van der Waals surface area contributed by atoms with Crippen LogP contribution in [0.25, 0.3) is 10.4 Å². The fourth-order valence-electron chi connectivity index (χ4n) is 4.57. The molecule has 2 saturated heterocycles. The van der Waals surface area contributed by atoms with E-state index in [0.29, 0.717) is 32.5 Å². The molecule has 0 aliphatic carbocycles. The number of hydrogen-bond acceptors (Lipinski definition) is 4. The standard InChI is InChI=1S/C23H28N2O3S/c1-24(2)22(27)23(10-11-25(16-23)21(26)19-8-4-12-28-19)15-17-6-3-7-18(14-17)20-9-5-13-29-20/h3,5-7,9,13-14,19H,4,8,10-12,15-16H2,1-2H3/t19-,23-/m0/s1. The predicted octanol–water partition coefficient (Wildman–Crippen LogP) is 3.44. The van der Waals surface area contributed by atoms with Gasteiger partial charge in [0.05, 0.1) is 5.41 Å². The number of hydrogen-bond donors (Lipinski definition) is 0. The molecule has 2 amide bonds. The molecule has 2 fully saturated rings. The van der Waals surface area contributed by atoms with Gasteiger partial charge in [0.2, 0.25) is 5.91 Å². The van der Waals surface area contributed by atoms with Gasteiger partial charge in [-0.15, -0.1) is 11.3 Å². The maximum atomic E-state index is 13.2. The van der Waals surface area contributed by atoms with Crippen LogP contribution in [0.3, 0.4) is 0 Å². The summed E-state index contributed by atoms with van der Waals surface area (Å²) >= 11 is 1.71. The van der Waals surface area contributed by atoms with E-state index in [0.717, 1.165) is 18.4 Å². The molecule has 2 aliphatic rings. The number of rotatable bonds is 5. The van der Waals surface area contributed by atoms with E-state index in [-0.39, 0.29) is 17.9 Å². The molecule has 2 aliphatic heterocycles. The van der Waals surface area contributed by atoms with E-state index >= 15 is 0 Å². The lowest BCUT2D eigenvalue weighted by molar-refractivity contribution is -0.142. The van der Waals surface area contributed by atoms with Gasteiger partial charge in [-0.05, 0) is 48.3 Å². The molecule has 3 heterocycles. The van der Waals surface area contributed by atoms with E-state index in [4.69, 9.17) is 4.74 Å². The van der Waals surface area contributed by atoms with Crippen molar-refractivity contribution in [3.63, 3.8) is 0 Å². The molecule has 0 saturated carbocycles. The molecule has 0 N–H and O–H groups in total. The van der Waals surface area contributed by atoms with Crippen LogP contribution in [0.2, 0.25) is 0 Å². The molecule has 154 valence electrons. The predicted molar refractivity (Wildman–Crippen MR) is 115 cm³/mol. The molecule has 1 aromatic carbocycles. The molecular weight excluding hydrogens is 384 g/mol. The first kappa shape index (κ1) is 20.1. The summed E-state index contributed by atoms with van der Waals surface area (Å²) in [4.78, 5) is 30.8. The summed E-state index contributed by atoms with van der Waals surface area (Å²) in [6.07, 6.45) is 2.71. The molecule has 6 heteroatoms. The number of thiophene rings is 1. The largest absolute Gasteiger partial charge is 0.368 e. The maximum absolute atomic E-state index is 13.2. The van der Waals surface area contributed by atoms with Gasteiger partial charge in [0.1, 0.15) is 6.10 Å². The summed E-state index contributed by atoms with van der Waals surface area (Å²) in [7, 11) is 3.60. The third-order valence-corrected chi connectivity index (χ3v) is 6.92. The quantitative estimate of drug-likeness (QED) is 0.756. The first-order chi connectivity index (χ1) is 14.0. The van der Waals surface area contributed by atoms with Crippen LogP contribution in [-0.4, -0.2) is 61.5 Å². The fraction of sp³-hybridized carbons (Fsp3) is 0.478. The number of amides is 2. The summed E-state index contributed by atoms with van der Waals surface area (Å²) in [5, 5.41) is 2.07. The van der Waals surface area contributed by atoms with Crippen LogP contribution >= 0.6 is 11.3 Å². The summed E-state index contributed by atoms with van der Waals surface area (Å²) in [5.74, 6) is 0.143. The molecule has 0 spiro atoms. The number of ether oxygens (including phenoxy) is 1. The van der Waals surface area contributed by atoms with Gasteiger partial charge < -0.3 is 14.5 Å². The number of likely N-dealkylation sites (tertiary alicyclic amines) is 1.